The van der Waals surface area contributed by atoms with Crippen molar-refractivity contribution in [1.82, 2.24) is 0 Å². The van der Waals surface area contributed by atoms with Crippen LogP contribution in [0, 0.1) is 10.1 Å². The second-order valence-corrected chi connectivity index (χ2v) is 6.02. The van der Waals surface area contributed by atoms with Crippen LogP contribution in [0.25, 0.3) is 0 Å². The van der Waals surface area contributed by atoms with Crippen molar-refractivity contribution >= 4 is 23.1 Å². The smallest absolute Gasteiger partial charge is 0.381 e. The zero-order valence-corrected chi connectivity index (χ0v) is 12.1. The van der Waals surface area contributed by atoms with E-state index in [4.69, 9.17) is 0 Å². The molecule has 1 fully saturated rings. The number of nitro groups is 1. The maximum absolute atomic E-state index is 12.9. The lowest BCUT2D eigenvalue weighted by atomic mass is 10.1. The summed E-state index contributed by atoms with van der Waals surface area (Å²) in [5.74, 6) is 0. The van der Waals surface area contributed by atoms with E-state index in [9.17, 15) is 23.3 Å². The van der Waals surface area contributed by atoms with Crippen molar-refractivity contribution in [3.8, 4) is 0 Å². The molecule has 21 heavy (non-hydrogen) atoms. The SMILES string of the molecule is CSC1CCCC1Nc1ccc([N+](=O)[O-])c(C(F)(F)F)c1. The minimum absolute atomic E-state index is 0.0996. The van der Waals surface area contributed by atoms with Gasteiger partial charge in [0.1, 0.15) is 5.56 Å². The molecule has 0 bridgehead atoms. The van der Waals surface area contributed by atoms with Crippen LogP contribution in [0.4, 0.5) is 24.5 Å². The molecule has 1 aliphatic rings. The number of alkyl halides is 3. The Hall–Kier alpha value is -1.44. The summed E-state index contributed by atoms with van der Waals surface area (Å²) in [7, 11) is 0. The Bertz CT molecular complexity index is 537. The van der Waals surface area contributed by atoms with Crippen molar-refractivity contribution < 1.29 is 18.1 Å². The first-order chi connectivity index (χ1) is 9.82. The number of hydrogen-bond donors (Lipinski definition) is 1. The van der Waals surface area contributed by atoms with E-state index in [-0.39, 0.29) is 11.7 Å². The van der Waals surface area contributed by atoms with Gasteiger partial charge in [0.05, 0.1) is 4.92 Å². The van der Waals surface area contributed by atoms with E-state index in [1.807, 2.05) is 6.26 Å². The van der Waals surface area contributed by atoms with Gasteiger partial charge in [0.15, 0.2) is 0 Å². The molecule has 2 unspecified atom stereocenters. The molecule has 1 aromatic rings. The highest BCUT2D eigenvalue weighted by atomic mass is 32.2. The van der Waals surface area contributed by atoms with Crippen LogP contribution >= 0.6 is 11.8 Å². The Kier molecular flexibility index (Phi) is 4.65. The molecule has 1 aliphatic carbocycles. The highest BCUT2D eigenvalue weighted by molar-refractivity contribution is 7.99. The number of rotatable bonds is 4. The van der Waals surface area contributed by atoms with Crippen LogP contribution in [0.5, 0.6) is 0 Å². The topological polar surface area (TPSA) is 55.2 Å². The lowest BCUT2D eigenvalue weighted by Crippen LogP contribution is -2.26. The number of thioether (sulfide) groups is 1. The largest absolute Gasteiger partial charge is 0.423 e. The molecule has 0 aliphatic heterocycles. The lowest BCUT2D eigenvalue weighted by Gasteiger charge is -2.21. The van der Waals surface area contributed by atoms with Crippen LogP contribution in [0.15, 0.2) is 18.2 Å². The fourth-order valence-corrected chi connectivity index (χ4v) is 3.53. The van der Waals surface area contributed by atoms with Gasteiger partial charge in [0.2, 0.25) is 0 Å². The second-order valence-electron chi connectivity index (χ2n) is 4.94. The van der Waals surface area contributed by atoms with Crippen molar-refractivity contribution in [1.29, 1.82) is 0 Å². The average molecular weight is 320 g/mol. The summed E-state index contributed by atoms with van der Waals surface area (Å²) in [6.45, 7) is 0. The fraction of sp³-hybridized carbons (Fsp3) is 0.538. The number of nitro benzene ring substituents is 1. The van der Waals surface area contributed by atoms with Crippen molar-refractivity contribution in [2.45, 2.75) is 36.7 Å². The number of anilines is 1. The summed E-state index contributed by atoms with van der Waals surface area (Å²) < 4.78 is 38.7. The Morgan fingerprint density at radius 1 is 1.38 bits per heavy atom. The Labute approximate surface area is 124 Å². The van der Waals surface area contributed by atoms with E-state index in [0.29, 0.717) is 5.25 Å². The molecule has 0 amide bonds. The monoisotopic (exact) mass is 320 g/mol. The molecular weight excluding hydrogens is 305 g/mol. The summed E-state index contributed by atoms with van der Waals surface area (Å²) in [5, 5.41) is 14.1. The van der Waals surface area contributed by atoms with Crippen LogP contribution in [-0.2, 0) is 6.18 Å². The van der Waals surface area contributed by atoms with Crippen LogP contribution in [0.3, 0.4) is 0 Å². The Morgan fingerprint density at radius 2 is 2.10 bits per heavy atom. The van der Waals surface area contributed by atoms with E-state index in [0.717, 1.165) is 31.4 Å². The first-order valence-corrected chi connectivity index (χ1v) is 7.76. The van der Waals surface area contributed by atoms with Gasteiger partial charge >= 0.3 is 6.18 Å². The Balaban J connectivity index is 2.27. The van der Waals surface area contributed by atoms with E-state index in [2.05, 4.69) is 5.32 Å². The maximum atomic E-state index is 12.9. The van der Waals surface area contributed by atoms with E-state index in [1.165, 1.54) is 6.07 Å². The number of benzene rings is 1. The fourth-order valence-electron chi connectivity index (χ4n) is 2.60. The molecule has 0 saturated heterocycles. The Morgan fingerprint density at radius 3 is 2.67 bits per heavy atom. The summed E-state index contributed by atoms with van der Waals surface area (Å²) >= 11 is 1.68. The van der Waals surface area contributed by atoms with Gasteiger partial charge in [-0.1, -0.05) is 6.42 Å². The average Bonchev–Trinajstić information content (AvgIpc) is 2.84. The van der Waals surface area contributed by atoms with Crippen molar-refractivity contribution in [2.75, 3.05) is 11.6 Å². The third-order valence-electron chi connectivity index (χ3n) is 3.61. The third-order valence-corrected chi connectivity index (χ3v) is 4.78. The van der Waals surface area contributed by atoms with E-state index < -0.39 is 22.4 Å². The summed E-state index contributed by atoms with van der Waals surface area (Å²) in [6, 6.07) is 3.17. The molecule has 0 radical (unpaired) electrons. The van der Waals surface area contributed by atoms with Crippen LogP contribution in [0.1, 0.15) is 24.8 Å². The van der Waals surface area contributed by atoms with Crippen LogP contribution < -0.4 is 5.32 Å². The molecule has 1 aromatic carbocycles. The van der Waals surface area contributed by atoms with Gasteiger partial charge in [0.25, 0.3) is 5.69 Å². The number of halogens is 3. The highest BCUT2D eigenvalue weighted by Gasteiger charge is 2.38. The first-order valence-electron chi connectivity index (χ1n) is 6.48. The molecule has 1 saturated carbocycles. The van der Waals surface area contributed by atoms with Crippen LogP contribution in [0.2, 0.25) is 0 Å². The molecule has 2 atom stereocenters. The molecule has 2 rings (SSSR count). The van der Waals surface area contributed by atoms with Crippen molar-refractivity contribution in [2.24, 2.45) is 0 Å². The van der Waals surface area contributed by atoms with Gasteiger partial charge in [-0.15, -0.1) is 0 Å². The second kappa shape index (κ2) is 6.13. The van der Waals surface area contributed by atoms with E-state index >= 15 is 0 Å². The van der Waals surface area contributed by atoms with Gasteiger partial charge in [-0.3, -0.25) is 10.1 Å². The van der Waals surface area contributed by atoms with Gasteiger partial charge in [-0.2, -0.15) is 24.9 Å². The molecule has 0 spiro atoms. The van der Waals surface area contributed by atoms with Crippen molar-refractivity contribution in [3.05, 3.63) is 33.9 Å². The molecule has 1 N–H and O–H groups in total. The summed E-state index contributed by atoms with van der Waals surface area (Å²) in [5.41, 5.74) is -1.85. The zero-order chi connectivity index (χ0) is 15.6. The molecular formula is C13H15F3N2O2S. The van der Waals surface area contributed by atoms with Gasteiger partial charge in [-0.25, -0.2) is 0 Å². The molecule has 0 heterocycles. The first kappa shape index (κ1) is 15.9. The van der Waals surface area contributed by atoms with Gasteiger partial charge < -0.3 is 5.32 Å². The quantitative estimate of drug-likeness (QED) is 0.663. The predicted octanol–water partition coefficient (Wildman–Crippen LogP) is 4.31. The van der Waals surface area contributed by atoms with Gasteiger partial charge in [0, 0.05) is 23.0 Å². The third kappa shape index (κ3) is 3.61. The number of hydrogen-bond acceptors (Lipinski definition) is 4. The maximum Gasteiger partial charge on any atom is 0.423 e. The van der Waals surface area contributed by atoms with Crippen molar-refractivity contribution in [3.63, 3.8) is 0 Å². The lowest BCUT2D eigenvalue weighted by molar-refractivity contribution is -0.388. The predicted molar refractivity (Wildman–Crippen MR) is 76.7 cm³/mol. The number of nitrogens with one attached hydrogen (secondary N) is 1. The minimum atomic E-state index is -4.74. The summed E-state index contributed by atoms with van der Waals surface area (Å²) in [6.07, 6.45) is 0.181. The molecule has 0 aromatic heterocycles. The van der Waals surface area contributed by atoms with Crippen LogP contribution in [-0.4, -0.2) is 22.5 Å². The van der Waals surface area contributed by atoms with E-state index in [1.54, 1.807) is 11.8 Å². The van der Waals surface area contributed by atoms with Gasteiger partial charge in [-0.05, 0) is 31.2 Å². The normalized spacial score (nSPS) is 22.3. The minimum Gasteiger partial charge on any atom is -0.381 e. The standard InChI is InChI=1S/C13H15F3N2O2S/c1-21-12-4-2-3-10(12)17-8-5-6-11(18(19)20)9(7-8)13(14,15)16/h5-7,10,12,17H,2-4H2,1H3. The zero-order valence-electron chi connectivity index (χ0n) is 11.3. The number of nitrogens with zero attached hydrogens (tertiary/aromatic N) is 1. The molecule has 8 heteroatoms. The summed E-state index contributed by atoms with van der Waals surface area (Å²) in [4.78, 5) is 9.70. The highest BCUT2D eigenvalue weighted by Crippen LogP contribution is 2.38. The molecule has 116 valence electrons. The molecule has 4 nitrogen and oxygen atoms in total.